The van der Waals surface area contributed by atoms with Crippen LogP contribution in [0.4, 0.5) is 0 Å². The lowest BCUT2D eigenvalue weighted by Gasteiger charge is -2.13. The molecule has 1 rings (SSSR count). The minimum atomic E-state index is -1.44. The van der Waals surface area contributed by atoms with E-state index < -0.39 is 30.3 Å². The van der Waals surface area contributed by atoms with E-state index in [1.165, 1.54) is 0 Å². The molecule has 0 aromatic heterocycles. The van der Waals surface area contributed by atoms with Crippen LogP contribution in [0.3, 0.4) is 0 Å². The third kappa shape index (κ3) is 4.42. The van der Waals surface area contributed by atoms with Crippen molar-refractivity contribution in [3.8, 4) is 0 Å². The first kappa shape index (κ1) is 14.7. The topological polar surface area (TPSA) is 104 Å². The fourth-order valence-electron chi connectivity index (χ4n) is 1.72. The second-order valence-electron chi connectivity index (χ2n) is 4.34. The third-order valence-electron chi connectivity index (χ3n) is 2.47. The molecule has 1 aromatic carbocycles. The van der Waals surface area contributed by atoms with Gasteiger partial charge in [-0.2, -0.15) is 0 Å². The summed E-state index contributed by atoms with van der Waals surface area (Å²) in [5.74, 6) is -3.26. The van der Waals surface area contributed by atoms with E-state index in [-0.39, 0.29) is 0 Å². The van der Waals surface area contributed by atoms with E-state index in [1.807, 2.05) is 19.9 Å². The van der Waals surface area contributed by atoms with E-state index >= 15 is 0 Å². The van der Waals surface area contributed by atoms with Gasteiger partial charge in [0, 0.05) is 5.56 Å². The van der Waals surface area contributed by atoms with Crippen molar-refractivity contribution in [1.82, 2.24) is 5.32 Å². The van der Waals surface area contributed by atoms with Gasteiger partial charge >= 0.3 is 11.9 Å². The molecule has 19 heavy (non-hydrogen) atoms. The number of carbonyl (C=O) groups is 3. The van der Waals surface area contributed by atoms with Crippen LogP contribution in [0.15, 0.2) is 18.2 Å². The van der Waals surface area contributed by atoms with E-state index in [0.29, 0.717) is 5.56 Å². The van der Waals surface area contributed by atoms with Crippen LogP contribution in [0.5, 0.6) is 0 Å². The Hall–Kier alpha value is -2.37. The number of aryl methyl sites for hydroxylation is 2. The van der Waals surface area contributed by atoms with Crippen molar-refractivity contribution in [1.29, 1.82) is 0 Å². The molecule has 6 heteroatoms. The molecule has 3 N–H and O–H groups in total. The van der Waals surface area contributed by atoms with Crippen molar-refractivity contribution in [3.05, 3.63) is 34.9 Å². The molecule has 0 aliphatic carbocycles. The standard InChI is InChI=1S/C13H15NO5/c1-7-3-8(2)5-9(4-7)12(17)14-10(13(18)19)6-11(15)16/h3-5,10H,6H2,1-2H3,(H,14,17)(H,15,16)(H,18,19). The molecular formula is C13H15NO5. The second-order valence-corrected chi connectivity index (χ2v) is 4.34. The van der Waals surface area contributed by atoms with Crippen LogP contribution in [0.25, 0.3) is 0 Å². The average molecular weight is 265 g/mol. The Kier molecular flexibility index (Phi) is 4.63. The van der Waals surface area contributed by atoms with Crippen molar-refractivity contribution in [2.75, 3.05) is 0 Å². The highest BCUT2D eigenvalue weighted by atomic mass is 16.4. The smallest absolute Gasteiger partial charge is 0.326 e. The van der Waals surface area contributed by atoms with Crippen LogP contribution >= 0.6 is 0 Å². The normalized spacial score (nSPS) is 11.7. The molecule has 6 nitrogen and oxygen atoms in total. The van der Waals surface area contributed by atoms with Crippen molar-refractivity contribution < 1.29 is 24.6 Å². The Balaban J connectivity index is 2.87. The Morgan fingerprint density at radius 2 is 1.63 bits per heavy atom. The largest absolute Gasteiger partial charge is 0.481 e. The molecule has 102 valence electrons. The molecule has 0 bridgehead atoms. The first-order chi connectivity index (χ1) is 8.79. The van der Waals surface area contributed by atoms with Gasteiger partial charge in [0.05, 0.1) is 6.42 Å². The number of nitrogens with one attached hydrogen (secondary N) is 1. The molecule has 1 aromatic rings. The lowest BCUT2D eigenvalue weighted by molar-refractivity contribution is -0.145. The predicted octanol–water partition coefficient (Wildman–Crippen LogP) is 0.961. The second kappa shape index (κ2) is 5.99. The van der Waals surface area contributed by atoms with Gasteiger partial charge in [0.1, 0.15) is 6.04 Å². The van der Waals surface area contributed by atoms with E-state index in [2.05, 4.69) is 5.32 Å². The summed E-state index contributed by atoms with van der Waals surface area (Å²) in [5.41, 5.74) is 2.06. The Morgan fingerprint density at radius 3 is 2.05 bits per heavy atom. The summed E-state index contributed by atoms with van der Waals surface area (Å²) in [4.78, 5) is 33.3. The quantitative estimate of drug-likeness (QED) is 0.735. The van der Waals surface area contributed by atoms with Gasteiger partial charge in [-0.3, -0.25) is 9.59 Å². The van der Waals surface area contributed by atoms with Gasteiger partial charge in [-0.1, -0.05) is 17.2 Å². The zero-order valence-electron chi connectivity index (χ0n) is 10.6. The van der Waals surface area contributed by atoms with Gasteiger partial charge in [-0.05, 0) is 26.0 Å². The van der Waals surface area contributed by atoms with Crippen molar-refractivity contribution in [2.45, 2.75) is 26.3 Å². The Labute approximate surface area is 110 Å². The number of aliphatic carboxylic acids is 2. The number of carboxylic acid groups (broad SMARTS) is 2. The number of hydrogen-bond acceptors (Lipinski definition) is 3. The summed E-state index contributed by atoms with van der Waals surface area (Å²) in [6.45, 7) is 3.63. The van der Waals surface area contributed by atoms with E-state index in [4.69, 9.17) is 10.2 Å². The predicted molar refractivity (Wildman–Crippen MR) is 67.1 cm³/mol. The molecule has 0 saturated heterocycles. The summed E-state index contributed by atoms with van der Waals surface area (Å²) in [7, 11) is 0. The van der Waals surface area contributed by atoms with Gasteiger partial charge in [0.25, 0.3) is 5.91 Å². The lowest BCUT2D eigenvalue weighted by Crippen LogP contribution is -2.42. The molecule has 1 unspecified atom stereocenters. The maximum Gasteiger partial charge on any atom is 0.326 e. The minimum Gasteiger partial charge on any atom is -0.481 e. The maximum atomic E-state index is 11.9. The molecular weight excluding hydrogens is 250 g/mol. The molecule has 1 atom stereocenters. The first-order valence-corrected chi connectivity index (χ1v) is 5.63. The summed E-state index contributed by atoms with van der Waals surface area (Å²) in [5, 5.41) is 19.6. The maximum absolute atomic E-state index is 11.9. The molecule has 0 saturated carbocycles. The van der Waals surface area contributed by atoms with E-state index in [9.17, 15) is 14.4 Å². The summed E-state index contributed by atoms with van der Waals surface area (Å²) in [6, 6.07) is 3.66. The van der Waals surface area contributed by atoms with E-state index in [1.54, 1.807) is 12.1 Å². The van der Waals surface area contributed by atoms with Gasteiger partial charge < -0.3 is 15.5 Å². The molecule has 0 aliphatic heterocycles. The molecule has 0 fully saturated rings. The number of carboxylic acids is 2. The number of amides is 1. The molecule has 1 amide bonds. The monoisotopic (exact) mass is 265 g/mol. The lowest BCUT2D eigenvalue weighted by atomic mass is 10.1. The van der Waals surface area contributed by atoms with Gasteiger partial charge in [0.2, 0.25) is 0 Å². The van der Waals surface area contributed by atoms with Crippen molar-refractivity contribution in [3.63, 3.8) is 0 Å². The van der Waals surface area contributed by atoms with Crippen LogP contribution < -0.4 is 5.32 Å². The number of hydrogen-bond donors (Lipinski definition) is 3. The summed E-state index contributed by atoms with van der Waals surface area (Å²) < 4.78 is 0. The fraction of sp³-hybridized carbons (Fsp3) is 0.308. The van der Waals surface area contributed by atoms with Gasteiger partial charge in [-0.25, -0.2) is 4.79 Å². The van der Waals surface area contributed by atoms with Crippen LogP contribution in [-0.2, 0) is 9.59 Å². The van der Waals surface area contributed by atoms with Crippen LogP contribution in [-0.4, -0.2) is 34.1 Å². The fourth-order valence-corrected chi connectivity index (χ4v) is 1.72. The number of carbonyl (C=O) groups excluding carboxylic acids is 1. The van der Waals surface area contributed by atoms with Gasteiger partial charge in [-0.15, -0.1) is 0 Å². The third-order valence-corrected chi connectivity index (χ3v) is 2.47. The Bertz CT molecular complexity index is 504. The number of rotatable bonds is 5. The molecule has 0 radical (unpaired) electrons. The first-order valence-electron chi connectivity index (χ1n) is 5.63. The molecule has 0 heterocycles. The highest BCUT2D eigenvalue weighted by Crippen LogP contribution is 2.09. The van der Waals surface area contributed by atoms with Crippen molar-refractivity contribution in [2.24, 2.45) is 0 Å². The SMILES string of the molecule is Cc1cc(C)cc(C(=O)NC(CC(=O)O)C(=O)O)c1. The highest BCUT2D eigenvalue weighted by molar-refractivity contribution is 5.97. The zero-order valence-corrected chi connectivity index (χ0v) is 10.6. The van der Waals surface area contributed by atoms with Crippen LogP contribution in [0.1, 0.15) is 27.9 Å². The van der Waals surface area contributed by atoms with Crippen LogP contribution in [0, 0.1) is 13.8 Å². The number of benzene rings is 1. The van der Waals surface area contributed by atoms with Crippen molar-refractivity contribution >= 4 is 17.8 Å². The summed E-state index contributed by atoms with van der Waals surface area (Å²) >= 11 is 0. The zero-order chi connectivity index (χ0) is 14.6. The molecule has 0 aliphatic rings. The summed E-state index contributed by atoms with van der Waals surface area (Å²) in [6.07, 6.45) is -0.661. The average Bonchev–Trinajstić information content (AvgIpc) is 2.25. The van der Waals surface area contributed by atoms with E-state index in [0.717, 1.165) is 11.1 Å². The Morgan fingerprint density at radius 1 is 1.11 bits per heavy atom. The minimum absolute atomic E-state index is 0.314. The molecule has 0 spiro atoms. The highest BCUT2D eigenvalue weighted by Gasteiger charge is 2.23. The van der Waals surface area contributed by atoms with Crippen LogP contribution in [0.2, 0.25) is 0 Å². The van der Waals surface area contributed by atoms with Gasteiger partial charge in [0.15, 0.2) is 0 Å².